The first-order valence-corrected chi connectivity index (χ1v) is 14.1. The number of amides is 2. The van der Waals surface area contributed by atoms with E-state index in [2.05, 4.69) is 12.2 Å². The van der Waals surface area contributed by atoms with Crippen LogP contribution in [0.4, 0.5) is 8.78 Å². The molecule has 0 bridgehead atoms. The molecule has 2 amide bonds. The Balaban J connectivity index is 2.48. The predicted octanol–water partition coefficient (Wildman–Crippen LogP) is 4.83. The number of hydrogen-bond acceptors (Lipinski definition) is 4. The minimum atomic E-state index is -1.43. The van der Waals surface area contributed by atoms with E-state index in [1.165, 1.54) is 12.1 Å². The predicted molar refractivity (Wildman–Crippen MR) is 152 cm³/mol. The van der Waals surface area contributed by atoms with E-state index < -0.39 is 35.0 Å². The van der Waals surface area contributed by atoms with Gasteiger partial charge in [0.1, 0.15) is 11.6 Å². The van der Waals surface area contributed by atoms with Gasteiger partial charge in [-0.25, -0.2) is 8.78 Å². The van der Waals surface area contributed by atoms with E-state index in [1.54, 1.807) is 24.0 Å². The number of primary amides is 1. The summed E-state index contributed by atoms with van der Waals surface area (Å²) in [5.41, 5.74) is 6.03. The van der Waals surface area contributed by atoms with Crippen LogP contribution in [0.2, 0.25) is 0 Å². The lowest BCUT2D eigenvalue weighted by atomic mass is 9.63. The highest BCUT2D eigenvalue weighted by molar-refractivity contribution is 5.96. The summed E-state index contributed by atoms with van der Waals surface area (Å²) in [5.74, 6) is -3.19. The summed E-state index contributed by atoms with van der Waals surface area (Å²) in [6.07, 6.45) is 9.95. The highest BCUT2D eigenvalue weighted by Crippen LogP contribution is 2.44. The second-order valence-corrected chi connectivity index (χ2v) is 10.5. The van der Waals surface area contributed by atoms with Crippen LogP contribution in [0.1, 0.15) is 65.4 Å². The third-order valence-corrected chi connectivity index (χ3v) is 7.12. The molecular weight excluding hydrogens is 500 g/mol. The van der Waals surface area contributed by atoms with E-state index in [0.717, 1.165) is 31.7 Å². The van der Waals surface area contributed by atoms with Crippen molar-refractivity contribution in [1.82, 2.24) is 10.2 Å². The third kappa shape index (κ3) is 9.11. The number of allylic oxidation sites excluding steroid dienone is 3. The number of nitrogens with one attached hydrogen (secondary N) is 1. The molecule has 0 heterocycles. The molecule has 0 saturated carbocycles. The molecule has 0 aliphatic heterocycles. The fourth-order valence-corrected chi connectivity index (χ4v) is 5.38. The van der Waals surface area contributed by atoms with Gasteiger partial charge in [-0.05, 0) is 56.7 Å². The number of halogens is 2. The molecule has 3 atom stereocenters. The fraction of sp³-hybridized carbons (Fsp3) is 0.548. The summed E-state index contributed by atoms with van der Waals surface area (Å²) < 4.78 is 28.2. The monoisotopic (exact) mass is 545 g/mol. The number of carbonyl (C=O) groups excluding carboxylic acids is 2. The number of benzene rings is 1. The van der Waals surface area contributed by atoms with E-state index in [1.807, 2.05) is 26.0 Å². The standard InChI is InChI=1S/C31H45F2N3O3/c1-5-8-9-10-11-35-21-28(37)27(17-23-15-25(32)18-26(33)16-23)31(30(34)39)19-22(4)14-24(20-31)29(38)36(12-6-2)13-7-3/h9-10,14-16,18-19,27-28,35,37H,5-8,11-13,17,20-21H2,1-4H3,(H2,34,39)/b10-9+/t27-,28+,31?/m1/s1. The summed E-state index contributed by atoms with van der Waals surface area (Å²) in [6, 6.07) is 3.18. The Labute approximate surface area is 232 Å². The summed E-state index contributed by atoms with van der Waals surface area (Å²) in [5, 5.41) is 14.6. The second-order valence-electron chi connectivity index (χ2n) is 10.5. The highest BCUT2D eigenvalue weighted by atomic mass is 19.1. The molecule has 6 nitrogen and oxygen atoms in total. The van der Waals surface area contributed by atoms with Gasteiger partial charge in [0.15, 0.2) is 0 Å². The maximum atomic E-state index is 14.1. The van der Waals surface area contributed by atoms with E-state index in [0.29, 0.717) is 36.3 Å². The van der Waals surface area contributed by atoms with Gasteiger partial charge in [0.05, 0.1) is 11.5 Å². The molecule has 1 unspecified atom stereocenters. The van der Waals surface area contributed by atoms with Gasteiger partial charge in [0, 0.05) is 43.7 Å². The number of rotatable bonds is 16. The van der Waals surface area contributed by atoms with Crippen molar-refractivity contribution in [2.45, 2.75) is 72.3 Å². The average Bonchev–Trinajstić information content (AvgIpc) is 2.87. The van der Waals surface area contributed by atoms with Crippen molar-refractivity contribution in [3.05, 3.63) is 70.8 Å². The van der Waals surface area contributed by atoms with Crippen LogP contribution in [0.15, 0.2) is 53.6 Å². The first-order chi connectivity index (χ1) is 18.6. The lowest BCUT2D eigenvalue weighted by Gasteiger charge is -2.42. The van der Waals surface area contributed by atoms with E-state index in [4.69, 9.17) is 5.73 Å². The first-order valence-electron chi connectivity index (χ1n) is 14.1. The van der Waals surface area contributed by atoms with Crippen molar-refractivity contribution < 1.29 is 23.5 Å². The van der Waals surface area contributed by atoms with Crippen LogP contribution in [-0.4, -0.2) is 54.1 Å². The van der Waals surface area contributed by atoms with Crippen LogP contribution in [-0.2, 0) is 16.0 Å². The molecule has 0 spiro atoms. The zero-order valence-electron chi connectivity index (χ0n) is 23.8. The van der Waals surface area contributed by atoms with Crippen molar-refractivity contribution in [2.24, 2.45) is 17.1 Å². The smallest absolute Gasteiger partial charge is 0.249 e. The van der Waals surface area contributed by atoms with Crippen molar-refractivity contribution >= 4 is 11.8 Å². The lowest BCUT2D eigenvalue weighted by Crippen LogP contribution is -2.51. The Kier molecular flexibility index (Phi) is 13.0. The Morgan fingerprint density at radius 3 is 2.31 bits per heavy atom. The van der Waals surface area contributed by atoms with Gasteiger partial charge < -0.3 is 21.1 Å². The molecule has 1 aromatic rings. The Hall–Kier alpha value is -2.84. The van der Waals surface area contributed by atoms with E-state index >= 15 is 0 Å². The number of nitrogens with zero attached hydrogens (tertiary/aromatic N) is 1. The molecule has 2 rings (SSSR count). The van der Waals surface area contributed by atoms with Crippen molar-refractivity contribution in [1.29, 1.82) is 0 Å². The molecule has 0 radical (unpaired) electrons. The van der Waals surface area contributed by atoms with Crippen LogP contribution in [0.25, 0.3) is 0 Å². The Morgan fingerprint density at radius 1 is 1.10 bits per heavy atom. The highest BCUT2D eigenvalue weighted by Gasteiger charge is 2.48. The van der Waals surface area contributed by atoms with E-state index in [-0.39, 0.29) is 25.3 Å². The zero-order valence-corrected chi connectivity index (χ0v) is 23.8. The number of carbonyl (C=O) groups is 2. The third-order valence-electron chi connectivity index (χ3n) is 7.12. The molecular formula is C31H45F2N3O3. The van der Waals surface area contributed by atoms with Gasteiger partial charge in [0.25, 0.3) is 0 Å². The number of aliphatic hydroxyl groups excluding tert-OH is 1. The molecule has 39 heavy (non-hydrogen) atoms. The largest absolute Gasteiger partial charge is 0.391 e. The molecule has 0 aromatic heterocycles. The van der Waals surface area contributed by atoms with Gasteiger partial charge in [-0.2, -0.15) is 0 Å². The SMILES string of the molecule is CCC/C=C/CNC[C@H](O)[C@@H](Cc1cc(F)cc(F)c1)C1(C(N)=O)C=C(C)C=C(C(=O)N(CCC)CCC)C1. The molecule has 4 N–H and O–H groups in total. The number of nitrogens with two attached hydrogens (primary N) is 1. The summed E-state index contributed by atoms with van der Waals surface area (Å²) >= 11 is 0. The molecule has 1 aliphatic rings. The maximum Gasteiger partial charge on any atom is 0.249 e. The summed E-state index contributed by atoms with van der Waals surface area (Å²) in [4.78, 5) is 28.6. The van der Waals surface area contributed by atoms with E-state index in [9.17, 15) is 23.5 Å². The number of unbranched alkanes of at least 4 members (excludes halogenated alkanes) is 1. The minimum absolute atomic E-state index is 0.00162. The number of aliphatic hydroxyl groups is 1. The second kappa shape index (κ2) is 15.7. The maximum absolute atomic E-state index is 14.1. The number of hydrogen-bond donors (Lipinski definition) is 3. The van der Waals surface area contributed by atoms with Gasteiger partial charge >= 0.3 is 0 Å². The van der Waals surface area contributed by atoms with Crippen LogP contribution < -0.4 is 11.1 Å². The molecule has 1 aliphatic carbocycles. The fourth-order valence-electron chi connectivity index (χ4n) is 5.38. The molecule has 0 saturated heterocycles. The minimum Gasteiger partial charge on any atom is -0.391 e. The molecule has 1 aromatic carbocycles. The van der Waals surface area contributed by atoms with Crippen LogP contribution in [0, 0.1) is 23.0 Å². The van der Waals surface area contributed by atoms with Crippen LogP contribution in [0.3, 0.4) is 0 Å². The molecule has 0 fully saturated rings. The normalized spacial score (nSPS) is 18.9. The van der Waals surface area contributed by atoms with Crippen LogP contribution >= 0.6 is 0 Å². The van der Waals surface area contributed by atoms with Gasteiger partial charge in [-0.15, -0.1) is 0 Å². The Morgan fingerprint density at radius 2 is 1.74 bits per heavy atom. The first kappa shape index (κ1) is 32.4. The summed E-state index contributed by atoms with van der Waals surface area (Å²) in [6.45, 7) is 9.69. The quantitative estimate of drug-likeness (QED) is 0.205. The van der Waals surface area contributed by atoms with Gasteiger partial charge in [-0.1, -0.05) is 57.1 Å². The Bertz CT molecular complexity index is 1040. The van der Waals surface area contributed by atoms with Crippen molar-refractivity contribution in [3.8, 4) is 0 Å². The average molecular weight is 546 g/mol. The van der Waals surface area contributed by atoms with Crippen molar-refractivity contribution in [3.63, 3.8) is 0 Å². The molecule has 8 heteroatoms. The summed E-state index contributed by atoms with van der Waals surface area (Å²) in [7, 11) is 0. The van der Waals surface area contributed by atoms with Gasteiger partial charge in [-0.3, -0.25) is 9.59 Å². The van der Waals surface area contributed by atoms with Crippen molar-refractivity contribution in [2.75, 3.05) is 26.2 Å². The molecule has 216 valence electrons. The van der Waals surface area contributed by atoms with Gasteiger partial charge in [0.2, 0.25) is 11.8 Å². The van der Waals surface area contributed by atoms with Crippen LogP contribution in [0.5, 0.6) is 0 Å². The lowest BCUT2D eigenvalue weighted by molar-refractivity contribution is -0.132. The topological polar surface area (TPSA) is 95.7 Å². The zero-order chi connectivity index (χ0) is 29.0.